The minimum absolute atomic E-state index is 1.11. The van der Waals surface area contributed by atoms with Crippen LogP contribution in [0.2, 0.25) is 0 Å². The summed E-state index contributed by atoms with van der Waals surface area (Å²) in [7, 11) is 0. The highest BCUT2D eigenvalue weighted by Gasteiger charge is 2.08. The molecule has 58 valence electrons. The predicted octanol–water partition coefficient (Wildman–Crippen LogP) is 2.22. The maximum Gasteiger partial charge on any atom is 0.0373 e. The quantitative estimate of drug-likeness (QED) is 0.642. The van der Waals surface area contributed by atoms with Gasteiger partial charge in [-0.25, -0.2) is 0 Å². The molecule has 0 amide bonds. The minimum Gasteiger partial charge on any atom is -0.384 e. The second-order valence-corrected chi connectivity index (χ2v) is 3.02. The third kappa shape index (κ3) is 1.11. The number of aryl methyl sites for hydroxylation is 1. The summed E-state index contributed by atoms with van der Waals surface area (Å²) in [5.74, 6) is 0. The van der Waals surface area contributed by atoms with Gasteiger partial charge in [0.05, 0.1) is 0 Å². The fourth-order valence-corrected chi connectivity index (χ4v) is 1.58. The van der Waals surface area contributed by atoms with Gasteiger partial charge in [-0.1, -0.05) is 19.1 Å². The van der Waals surface area contributed by atoms with Crippen molar-refractivity contribution in [3.63, 3.8) is 0 Å². The molecule has 0 aliphatic carbocycles. The van der Waals surface area contributed by atoms with Crippen molar-refractivity contribution in [1.82, 2.24) is 0 Å². The number of hydrogen-bond donors (Lipinski definition) is 1. The zero-order chi connectivity index (χ0) is 7.68. The maximum absolute atomic E-state index is 3.35. The Bertz CT molecular complexity index is 266. The van der Waals surface area contributed by atoms with Gasteiger partial charge in [0.25, 0.3) is 0 Å². The molecular formula is C10H13N. The largest absolute Gasteiger partial charge is 0.384 e. The molecule has 0 unspecified atom stereocenters. The van der Waals surface area contributed by atoms with Crippen molar-refractivity contribution in [3.05, 3.63) is 29.3 Å². The molecule has 0 aromatic heterocycles. The van der Waals surface area contributed by atoms with Gasteiger partial charge in [-0.2, -0.15) is 0 Å². The van der Waals surface area contributed by atoms with Gasteiger partial charge in [0.2, 0.25) is 0 Å². The average Bonchev–Trinajstić information content (AvgIpc) is 2.50. The Balaban J connectivity index is 2.41. The summed E-state index contributed by atoms with van der Waals surface area (Å²) >= 11 is 0. The first kappa shape index (κ1) is 6.71. The second kappa shape index (κ2) is 2.57. The summed E-state index contributed by atoms with van der Waals surface area (Å²) in [5.41, 5.74) is 4.28. The van der Waals surface area contributed by atoms with Gasteiger partial charge in [0.15, 0.2) is 0 Å². The highest BCUT2D eigenvalue weighted by atomic mass is 14.9. The summed E-state index contributed by atoms with van der Waals surface area (Å²) in [5, 5.41) is 3.35. The number of rotatable bonds is 1. The number of anilines is 1. The van der Waals surface area contributed by atoms with Gasteiger partial charge in [-0.05, 0) is 30.0 Å². The Hall–Kier alpha value is -0.980. The van der Waals surface area contributed by atoms with Gasteiger partial charge >= 0.3 is 0 Å². The smallest absolute Gasteiger partial charge is 0.0373 e. The summed E-state index contributed by atoms with van der Waals surface area (Å²) in [6.45, 7) is 3.31. The minimum atomic E-state index is 1.11. The van der Waals surface area contributed by atoms with E-state index in [4.69, 9.17) is 0 Å². The third-order valence-electron chi connectivity index (χ3n) is 2.29. The van der Waals surface area contributed by atoms with E-state index in [1.54, 1.807) is 0 Å². The second-order valence-electron chi connectivity index (χ2n) is 3.02. The Morgan fingerprint density at radius 1 is 1.45 bits per heavy atom. The molecule has 1 aromatic carbocycles. The first-order valence-electron chi connectivity index (χ1n) is 4.26. The number of nitrogens with one attached hydrogen (secondary N) is 1. The van der Waals surface area contributed by atoms with Crippen molar-refractivity contribution in [2.75, 3.05) is 11.9 Å². The molecule has 1 nitrogen and oxygen atoms in total. The van der Waals surface area contributed by atoms with E-state index >= 15 is 0 Å². The molecule has 0 saturated heterocycles. The van der Waals surface area contributed by atoms with E-state index in [0.717, 1.165) is 13.0 Å². The van der Waals surface area contributed by atoms with E-state index in [0.29, 0.717) is 0 Å². The van der Waals surface area contributed by atoms with Crippen LogP contribution in [-0.4, -0.2) is 6.54 Å². The molecular weight excluding hydrogens is 134 g/mol. The van der Waals surface area contributed by atoms with Crippen LogP contribution in [0.25, 0.3) is 0 Å². The van der Waals surface area contributed by atoms with Crippen molar-refractivity contribution in [2.45, 2.75) is 19.8 Å². The highest BCUT2D eigenvalue weighted by Crippen LogP contribution is 2.22. The normalized spacial score (nSPS) is 14.3. The molecule has 0 saturated carbocycles. The summed E-state index contributed by atoms with van der Waals surface area (Å²) < 4.78 is 0. The Morgan fingerprint density at radius 2 is 2.36 bits per heavy atom. The van der Waals surface area contributed by atoms with Gasteiger partial charge in [0.1, 0.15) is 0 Å². The van der Waals surface area contributed by atoms with Crippen LogP contribution in [0.3, 0.4) is 0 Å². The molecule has 1 aromatic rings. The number of benzene rings is 1. The number of fused-ring (bicyclic) bond motifs is 1. The topological polar surface area (TPSA) is 12.0 Å². The highest BCUT2D eigenvalue weighted by molar-refractivity contribution is 5.56. The van der Waals surface area contributed by atoms with Crippen LogP contribution in [0.1, 0.15) is 18.1 Å². The lowest BCUT2D eigenvalue weighted by molar-refractivity contribution is 1.09. The van der Waals surface area contributed by atoms with Gasteiger partial charge in [-0.15, -0.1) is 0 Å². The van der Waals surface area contributed by atoms with Gasteiger partial charge in [0, 0.05) is 12.2 Å². The van der Waals surface area contributed by atoms with E-state index < -0.39 is 0 Å². The van der Waals surface area contributed by atoms with Crippen LogP contribution < -0.4 is 5.32 Å². The SMILES string of the molecule is CCc1ccc2c(c1)CCN2. The molecule has 1 aliphatic heterocycles. The monoisotopic (exact) mass is 147 g/mol. The van der Waals surface area contributed by atoms with E-state index in [2.05, 4.69) is 30.4 Å². The lowest BCUT2D eigenvalue weighted by Gasteiger charge is -2.01. The molecule has 0 fully saturated rings. The van der Waals surface area contributed by atoms with E-state index in [-0.39, 0.29) is 0 Å². The van der Waals surface area contributed by atoms with Crippen LogP contribution in [0, 0.1) is 0 Å². The molecule has 1 N–H and O–H groups in total. The molecule has 11 heavy (non-hydrogen) atoms. The Labute approximate surface area is 67.4 Å². The van der Waals surface area contributed by atoms with Crippen LogP contribution in [-0.2, 0) is 12.8 Å². The van der Waals surface area contributed by atoms with Crippen molar-refractivity contribution in [2.24, 2.45) is 0 Å². The molecule has 0 radical (unpaired) electrons. The van der Waals surface area contributed by atoms with Crippen molar-refractivity contribution < 1.29 is 0 Å². The van der Waals surface area contributed by atoms with Crippen molar-refractivity contribution >= 4 is 5.69 Å². The van der Waals surface area contributed by atoms with Crippen molar-refractivity contribution in [1.29, 1.82) is 0 Å². The van der Waals surface area contributed by atoms with Crippen LogP contribution in [0.5, 0.6) is 0 Å². The Kier molecular flexibility index (Phi) is 1.57. The maximum atomic E-state index is 3.35. The van der Waals surface area contributed by atoms with E-state index in [1.165, 1.54) is 23.2 Å². The zero-order valence-corrected chi connectivity index (χ0v) is 6.85. The third-order valence-corrected chi connectivity index (χ3v) is 2.29. The van der Waals surface area contributed by atoms with Gasteiger partial charge < -0.3 is 5.32 Å². The lowest BCUT2D eigenvalue weighted by Crippen LogP contribution is -1.90. The standard InChI is InChI=1S/C10H13N/c1-2-8-3-4-10-9(7-8)5-6-11-10/h3-4,7,11H,2,5-6H2,1H3. The molecule has 0 spiro atoms. The van der Waals surface area contributed by atoms with Gasteiger partial charge in [-0.3, -0.25) is 0 Å². The Morgan fingerprint density at radius 3 is 3.18 bits per heavy atom. The fraction of sp³-hybridized carbons (Fsp3) is 0.400. The summed E-state index contributed by atoms with van der Waals surface area (Å²) in [6, 6.07) is 6.72. The first-order chi connectivity index (χ1) is 5.40. The van der Waals surface area contributed by atoms with Crippen LogP contribution in [0.4, 0.5) is 5.69 Å². The van der Waals surface area contributed by atoms with Crippen LogP contribution in [0.15, 0.2) is 18.2 Å². The zero-order valence-electron chi connectivity index (χ0n) is 6.85. The fourth-order valence-electron chi connectivity index (χ4n) is 1.58. The molecule has 2 rings (SSSR count). The predicted molar refractivity (Wildman–Crippen MR) is 48.0 cm³/mol. The molecule has 1 heterocycles. The first-order valence-corrected chi connectivity index (χ1v) is 4.26. The molecule has 1 heteroatoms. The molecule has 0 bridgehead atoms. The summed E-state index contributed by atoms with van der Waals surface area (Å²) in [4.78, 5) is 0. The lowest BCUT2D eigenvalue weighted by atomic mass is 10.1. The van der Waals surface area contributed by atoms with E-state index in [9.17, 15) is 0 Å². The van der Waals surface area contributed by atoms with E-state index in [1.807, 2.05) is 0 Å². The summed E-state index contributed by atoms with van der Waals surface area (Å²) in [6.07, 6.45) is 2.34. The van der Waals surface area contributed by atoms with Crippen LogP contribution >= 0.6 is 0 Å². The molecule has 0 atom stereocenters. The van der Waals surface area contributed by atoms with Crippen molar-refractivity contribution in [3.8, 4) is 0 Å². The average molecular weight is 147 g/mol. The number of hydrogen-bond acceptors (Lipinski definition) is 1. The molecule has 1 aliphatic rings.